The maximum absolute atomic E-state index is 11.9. The van der Waals surface area contributed by atoms with Gasteiger partial charge in [-0.15, -0.1) is 0 Å². The largest absolute Gasteiger partial charge is 0.394 e. The molecule has 0 radical (unpaired) electrons. The quantitative estimate of drug-likeness (QED) is 0.758. The average Bonchev–Trinajstić information content (AvgIpc) is 2.20. The molecule has 1 atom stereocenters. The number of rotatable bonds is 5. The SMILES string of the molecule is OCC(NCC(F)F)c1ccccc1. The molecule has 78 valence electrons. The van der Waals surface area contributed by atoms with Crippen LogP contribution in [0.4, 0.5) is 8.78 Å². The molecule has 1 aromatic rings. The molecule has 0 aromatic heterocycles. The molecule has 0 amide bonds. The van der Waals surface area contributed by atoms with Crippen molar-refractivity contribution in [3.63, 3.8) is 0 Å². The highest BCUT2D eigenvalue weighted by molar-refractivity contribution is 5.18. The molecule has 0 aliphatic rings. The summed E-state index contributed by atoms with van der Waals surface area (Å²) in [6, 6.07) is 8.62. The van der Waals surface area contributed by atoms with Crippen LogP contribution in [0.25, 0.3) is 0 Å². The van der Waals surface area contributed by atoms with Crippen molar-refractivity contribution in [2.45, 2.75) is 12.5 Å². The Balaban J connectivity index is 2.54. The zero-order valence-electron chi connectivity index (χ0n) is 7.66. The fraction of sp³-hybridized carbons (Fsp3) is 0.400. The normalized spacial score (nSPS) is 13.1. The van der Waals surface area contributed by atoms with E-state index in [-0.39, 0.29) is 6.61 Å². The summed E-state index contributed by atoms with van der Waals surface area (Å²) in [6.07, 6.45) is -2.40. The molecule has 1 rings (SSSR count). The molecule has 0 aliphatic heterocycles. The van der Waals surface area contributed by atoms with Gasteiger partial charge in [-0.1, -0.05) is 30.3 Å². The van der Waals surface area contributed by atoms with Crippen molar-refractivity contribution in [1.82, 2.24) is 5.32 Å². The highest BCUT2D eigenvalue weighted by Crippen LogP contribution is 2.11. The summed E-state index contributed by atoms with van der Waals surface area (Å²) in [5.74, 6) is 0. The zero-order chi connectivity index (χ0) is 10.4. The number of aliphatic hydroxyl groups is 1. The van der Waals surface area contributed by atoms with Crippen LogP contribution in [0.15, 0.2) is 30.3 Å². The van der Waals surface area contributed by atoms with E-state index in [4.69, 9.17) is 5.11 Å². The van der Waals surface area contributed by atoms with E-state index in [9.17, 15) is 8.78 Å². The number of halogens is 2. The van der Waals surface area contributed by atoms with Gasteiger partial charge in [-0.2, -0.15) is 0 Å². The van der Waals surface area contributed by atoms with E-state index < -0.39 is 19.0 Å². The predicted molar refractivity (Wildman–Crippen MR) is 50.3 cm³/mol. The Kier molecular flexibility index (Phi) is 4.49. The van der Waals surface area contributed by atoms with Gasteiger partial charge in [0.05, 0.1) is 19.2 Å². The molecular formula is C10H13F2NO. The lowest BCUT2D eigenvalue weighted by Crippen LogP contribution is -2.28. The molecule has 0 bridgehead atoms. The van der Waals surface area contributed by atoms with Crippen LogP contribution in [-0.4, -0.2) is 24.7 Å². The van der Waals surface area contributed by atoms with Gasteiger partial charge in [-0.25, -0.2) is 8.78 Å². The van der Waals surface area contributed by atoms with Crippen molar-refractivity contribution in [1.29, 1.82) is 0 Å². The lowest BCUT2D eigenvalue weighted by atomic mass is 10.1. The fourth-order valence-corrected chi connectivity index (χ4v) is 1.20. The first-order chi connectivity index (χ1) is 6.74. The van der Waals surface area contributed by atoms with Gasteiger partial charge in [-0.05, 0) is 5.56 Å². The molecule has 1 aromatic carbocycles. The molecule has 0 fully saturated rings. The lowest BCUT2D eigenvalue weighted by Gasteiger charge is -2.16. The van der Waals surface area contributed by atoms with Crippen molar-refractivity contribution in [2.75, 3.05) is 13.2 Å². The van der Waals surface area contributed by atoms with Crippen LogP contribution in [0.2, 0.25) is 0 Å². The molecule has 1 unspecified atom stereocenters. The summed E-state index contributed by atoms with van der Waals surface area (Å²) in [5, 5.41) is 11.6. The second-order valence-corrected chi connectivity index (χ2v) is 2.95. The summed E-state index contributed by atoms with van der Waals surface area (Å²) in [4.78, 5) is 0. The minimum atomic E-state index is -2.40. The Labute approximate surface area is 81.6 Å². The van der Waals surface area contributed by atoms with Gasteiger partial charge >= 0.3 is 0 Å². The van der Waals surface area contributed by atoms with E-state index in [0.717, 1.165) is 5.56 Å². The van der Waals surface area contributed by atoms with Crippen LogP contribution >= 0.6 is 0 Å². The van der Waals surface area contributed by atoms with Gasteiger partial charge in [0.15, 0.2) is 0 Å². The number of hydrogen-bond acceptors (Lipinski definition) is 2. The van der Waals surface area contributed by atoms with Gasteiger partial charge < -0.3 is 10.4 Å². The number of alkyl halides is 2. The highest BCUT2D eigenvalue weighted by atomic mass is 19.3. The Hall–Kier alpha value is -1.00. The molecule has 0 saturated carbocycles. The molecule has 14 heavy (non-hydrogen) atoms. The first-order valence-corrected chi connectivity index (χ1v) is 4.41. The summed E-state index contributed by atoms with van der Waals surface area (Å²) in [5.41, 5.74) is 0.815. The third kappa shape index (κ3) is 3.40. The average molecular weight is 201 g/mol. The summed E-state index contributed by atoms with van der Waals surface area (Å²) in [6.45, 7) is -0.586. The Morgan fingerprint density at radius 2 is 1.86 bits per heavy atom. The van der Waals surface area contributed by atoms with Gasteiger partial charge in [-0.3, -0.25) is 0 Å². The van der Waals surface area contributed by atoms with E-state index in [2.05, 4.69) is 5.32 Å². The number of nitrogens with one attached hydrogen (secondary N) is 1. The molecular weight excluding hydrogens is 188 g/mol. The zero-order valence-corrected chi connectivity index (χ0v) is 7.66. The molecule has 0 aliphatic carbocycles. The van der Waals surface area contributed by atoms with Crippen LogP contribution in [0.5, 0.6) is 0 Å². The first-order valence-electron chi connectivity index (χ1n) is 4.41. The smallest absolute Gasteiger partial charge is 0.250 e. The molecule has 0 spiro atoms. The topological polar surface area (TPSA) is 32.3 Å². The first kappa shape index (κ1) is 11.1. The van der Waals surface area contributed by atoms with Gasteiger partial charge in [0, 0.05) is 0 Å². The minimum absolute atomic E-state index is 0.184. The monoisotopic (exact) mass is 201 g/mol. The Morgan fingerprint density at radius 3 is 2.36 bits per heavy atom. The van der Waals surface area contributed by atoms with Crippen LogP contribution < -0.4 is 5.32 Å². The van der Waals surface area contributed by atoms with Crippen LogP contribution in [-0.2, 0) is 0 Å². The Bertz CT molecular complexity index is 254. The van der Waals surface area contributed by atoms with Crippen LogP contribution in [0.1, 0.15) is 11.6 Å². The lowest BCUT2D eigenvalue weighted by molar-refractivity contribution is 0.133. The number of hydrogen-bond donors (Lipinski definition) is 2. The van der Waals surface area contributed by atoms with Crippen molar-refractivity contribution in [3.8, 4) is 0 Å². The van der Waals surface area contributed by atoms with Crippen molar-refractivity contribution < 1.29 is 13.9 Å². The van der Waals surface area contributed by atoms with Gasteiger partial charge in [0.2, 0.25) is 0 Å². The van der Waals surface area contributed by atoms with E-state index in [1.54, 1.807) is 12.1 Å². The van der Waals surface area contributed by atoms with Crippen molar-refractivity contribution in [2.24, 2.45) is 0 Å². The van der Waals surface area contributed by atoms with E-state index in [0.29, 0.717) is 0 Å². The van der Waals surface area contributed by atoms with Crippen LogP contribution in [0, 0.1) is 0 Å². The number of aliphatic hydroxyl groups excluding tert-OH is 1. The van der Waals surface area contributed by atoms with Crippen molar-refractivity contribution >= 4 is 0 Å². The third-order valence-corrected chi connectivity index (χ3v) is 1.90. The second-order valence-electron chi connectivity index (χ2n) is 2.95. The highest BCUT2D eigenvalue weighted by Gasteiger charge is 2.11. The summed E-state index contributed by atoms with van der Waals surface area (Å²) >= 11 is 0. The van der Waals surface area contributed by atoms with E-state index >= 15 is 0 Å². The molecule has 4 heteroatoms. The standard InChI is InChI=1S/C10H13F2NO/c11-10(12)6-13-9(7-14)8-4-2-1-3-5-8/h1-5,9-10,13-14H,6-7H2. The third-order valence-electron chi connectivity index (χ3n) is 1.90. The van der Waals surface area contributed by atoms with E-state index in [1.807, 2.05) is 18.2 Å². The van der Waals surface area contributed by atoms with Gasteiger partial charge in [0.1, 0.15) is 0 Å². The number of benzene rings is 1. The molecule has 0 heterocycles. The maximum Gasteiger partial charge on any atom is 0.250 e. The predicted octanol–water partition coefficient (Wildman–Crippen LogP) is 1.57. The Morgan fingerprint density at radius 1 is 1.21 bits per heavy atom. The minimum Gasteiger partial charge on any atom is -0.394 e. The second kappa shape index (κ2) is 5.67. The van der Waals surface area contributed by atoms with Crippen molar-refractivity contribution in [3.05, 3.63) is 35.9 Å². The fourth-order valence-electron chi connectivity index (χ4n) is 1.20. The molecule has 2 N–H and O–H groups in total. The van der Waals surface area contributed by atoms with E-state index in [1.165, 1.54) is 0 Å². The summed E-state index contributed by atoms with van der Waals surface area (Å²) in [7, 11) is 0. The summed E-state index contributed by atoms with van der Waals surface area (Å²) < 4.78 is 23.8. The molecule has 2 nitrogen and oxygen atoms in total. The molecule has 0 saturated heterocycles. The van der Waals surface area contributed by atoms with Gasteiger partial charge in [0.25, 0.3) is 6.43 Å². The maximum atomic E-state index is 11.9. The van der Waals surface area contributed by atoms with Crippen LogP contribution in [0.3, 0.4) is 0 Å².